The Labute approximate surface area is 179 Å². The molecule has 1 saturated heterocycles. The summed E-state index contributed by atoms with van der Waals surface area (Å²) in [5.74, 6) is -0.0913. The Hall–Kier alpha value is -3.36. The van der Waals surface area contributed by atoms with Gasteiger partial charge < -0.3 is 0 Å². The Balaban J connectivity index is 0.00000320. The molecular weight excluding hydrogens is 410 g/mol. The van der Waals surface area contributed by atoms with Crippen LogP contribution in [0.3, 0.4) is 0 Å². The van der Waals surface area contributed by atoms with Crippen LogP contribution in [-0.4, -0.2) is 40.2 Å². The van der Waals surface area contributed by atoms with Gasteiger partial charge in [-0.1, -0.05) is 6.92 Å². The largest absolute Gasteiger partial charge is 0.295 e. The van der Waals surface area contributed by atoms with Crippen molar-refractivity contribution in [2.75, 3.05) is 19.6 Å². The Bertz CT molecular complexity index is 934. The topological polar surface area (TPSA) is 107 Å². The number of benzene rings is 2. The third kappa shape index (κ3) is 5.37. The third-order valence-corrected chi connectivity index (χ3v) is 4.71. The van der Waals surface area contributed by atoms with Crippen molar-refractivity contribution in [3.8, 4) is 0 Å². The number of nitro groups is 2. The number of piperidine rings is 1. The fraction of sp³-hybridized carbons (Fsp3) is 0.190. The van der Waals surface area contributed by atoms with E-state index in [2.05, 4.69) is 4.90 Å². The predicted molar refractivity (Wildman–Crippen MR) is 117 cm³/mol. The zero-order valence-electron chi connectivity index (χ0n) is 16.2. The van der Waals surface area contributed by atoms with Crippen LogP contribution in [0.5, 0.6) is 0 Å². The van der Waals surface area contributed by atoms with Gasteiger partial charge in [0.25, 0.3) is 11.4 Å². The maximum absolute atomic E-state index is 13.0. The number of ketones is 1. The molecule has 1 heterocycles. The van der Waals surface area contributed by atoms with E-state index in [0.29, 0.717) is 35.4 Å². The molecule has 30 heavy (non-hydrogen) atoms. The summed E-state index contributed by atoms with van der Waals surface area (Å²) < 4.78 is 0. The highest BCUT2D eigenvalue weighted by Gasteiger charge is 2.25. The average molecular weight is 430 g/mol. The first-order valence-corrected chi connectivity index (χ1v) is 9.04. The smallest absolute Gasteiger partial charge is 0.269 e. The Morgan fingerprint density at radius 3 is 1.50 bits per heavy atom. The molecule has 0 amide bonds. The number of nitrogens with zero attached hydrogens (tertiary/aromatic N) is 3. The van der Waals surface area contributed by atoms with E-state index in [4.69, 9.17) is 0 Å². The lowest BCUT2D eigenvalue weighted by Crippen LogP contribution is -2.37. The average Bonchev–Trinajstić information content (AvgIpc) is 2.71. The second-order valence-corrected chi connectivity index (χ2v) is 6.67. The molecule has 0 aromatic heterocycles. The first-order chi connectivity index (χ1) is 13.9. The van der Waals surface area contributed by atoms with Gasteiger partial charge in [-0.3, -0.25) is 29.9 Å². The van der Waals surface area contributed by atoms with E-state index in [0.717, 1.165) is 6.54 Å². The Kier molecular flexibility index (Phi) is 7.57. The minimum absolute atomic E-state index is 0. The molecule has 9 heteroatoms. The van der Waals surface area contributed by atoms with Gasteiger partial charge in [0, 0.05) is 48.5 Å². The summed E-state index contributed by atoms with van der Waals surface area (Å²) in [6.45, 7) is 3.74. The lowest BCUT2D eigenvalue weighted by molar-refractivity contribution is -0.385. The summed E-state index contributed by atoms with van der Waals surface area (Å²) in [5.41, 5.74) is 2.62. The number of nitro benzene ring substituents is 2. The van der Waals surface area contributed by atoms with E-state index in [1.807, 2.05) is 6.92 Å². The van der Waals surface area contributed by atoms with Crippen molar-refractivity contribution in [2.45, 2.75) is 6.92 Å². The molecule has 0 N–H and O–H groups in total. The maximum Gasteiger partial charge on any atom is 0.269 e. The Morgan fingerprint density at radius 1 is 0.833 bits per heavy atom. The normalized spacial score (nSPS) is 17.0. The van der Waals surface area contributed by atoms with Crippen molar-refractivity contribution < 1.29 is 14.6 Å². The van der Waals surface area contributed by atoms with Crippen molar-refractivity contribution in [1.82, 2.24) is 4.90 Å². The summed E-state index contributed by atoms with van der Waals surface area (Å²) in [4.78, 5) is 35.7. The number of hydrogen-bond donors (Lipinski definition) is 0. The predicted octanol–water partition coefficient (Wildman–Crippen LogP) is 4.30. The quantitative estimate of drug-likeness (QED) is 0.398. The number of carbonyl (C=O) groups is 1. The molecule has 8 nitrogen and oxygen atoms in total. The van der Waals surface area contributed by atoms with E-state index in [-0.39, 0.29) is 29.6 Å². The van der Waals surface area contributed by atoms with Crippen molar-refractivity contribution >= 4 is 41.7 Å². The standard InChI is InChI=1S/C21H19N3O5.ClH/c1-2-22-13-17(11-15-3-7-19(8-4-15)23(26)27)21(25)18(14-22)12-16-5-9-20(10-6-16)24(28)29;/h3-12H,2,13-14H2,1H3;1H/b17-11+,18-12+;. The molecule has 156 valence electrons. The van der Waals surface area contributed by atoms with Gasteiger partial charge in [-0.2, -0.15) is 0 Å². The van der Waals surface area contributed by atoms with Crippen molar-refractivity contribution in [3.05, 3.63) is 91.0 Å². The number of likely N-dealkylation sites (tertiary alicyclic amines) is 1. The van der Waals surface area contributed by atoms with E-state index in [9.17, 15) is 25.0 Å². The van der Waals surface area contributed by atoms with Crippen LogP contribution in [0.2, 0.25) is 0 Å². The van der Waals surface area contributed by atoms with Crippen LogP contribution in [0.25, 0.3) is 12.2 Å². The molecular formula is C21H20ClN3O5. The Morgan fingerprint density at radius 2 is 1.20 bits per heavy atom. The molecule has 1 aliphatic rings. The number of hydrogen-bond acceptors (Lipinski definition) is 6. The molecule has 2 aromatic rings. The van der Waals surface area contributed by atoms with Crippen LogP contribution in [0, 0.1) is 20.2 Å². The number of Topliss-reactive ketones (excluding diaryl/α,β-unsaturated/α-hetero) is 1. The number of non-ortho nitro benzene ring substituents is 2. The highest BCUT2D eigenvalue weighted by atomic mass is 35.5. The van der Waals surface area contributed by atoms with Crippen LogP contribution in [0.4, 0.5) is 11.4 Å². The monoisotopic (exact) mass is 429 g/mol. The zero-order valence-corrected chi connectivity index (χ0v) is 17.0. The molecule has 1 aliphatic heterocycles. The first kappa shape index (κ1) is 22.9. The summed E-state index contributed by atoms with van der Waals surface area (Å²) >= 11 is 0. The number of rotatable bonds is 5. The van der Waals surface area contributed by atoms with E-state index in [1.54, 1.807) is 36.4 Å². The fourth-order valence-corrected chi connectivity index (χ4v) is 3.12. The van der Waals surface area contributed by atoms with E-state index in [1.165, 1.54) is 24.3 Å². The van der Waals surface area contributed by atoms with Crippen LogP contribution in [0.1, 0.15) is 18.1 Å². The zero-order chi connectivity index (χ0) is 21.0. The van der Waals surface area contributed by atoms with Gasteiger partial charge >= 0.3 is 0 Å². The summed E-state index contributed by atoms with van der Waals surface area (Å²) in [7, 11) is 0. The van der Waals surface area contributed by atoms with Gasteiger partial charge in [0.2, 0.25) is 0 Å². The second kappa shape index (κ2) is 9.91. The van der Waals surface area contributed by atoms with Crippen LogP contribution < -0.4 is 0 Å². The molecule has 0 unspecified atom stereocenters. The van der Waals surface area contributed by atoms with Crippen molar-refractivity contribution in [3.63, 3.8) is 0 Å². The lowest BCUT2D eigenvalue weighted by atomic mass is 9.94. The molecule has 1 fully saturated rings. The molecule has 3 rings (SSSR count). The highest BCUT2D eigenvalue weighted by Crippen LogP contribution is 2.23. The van der Waals surface area contributed by atoms with Crippen molar-refractivity contribution in [1.29, 1.82) is 0 Å². The molecule has 0 saturated carbocycles. The first-order valence-electron chi connectivity index (χ1n) is 9.04. The second-order valence-electron chi connectivity index (χ2n) is 6.67. The maximum atomic E-state index is 13.0. The molecule has 2 aromatic carbocycles. The summed E-state index contributed by atoms with van der Waals surface area (Å²) in [5, 5.41) is 21.6. The third-order valence-electron chi connectivity index (χ3n) is 4.71. The summed E-state index contributed by atoms with van der Waals surface area (Å²) in [6.07, 6.45) is 3.50. The number of carbonyl (C=O) groups excluding carboxylic acids is 1. The minimum Gasteiger partial charge on any atom is -0.295 e. The molecule has 0 aliphatic carbocycles. The van der Waals surface area contributed by atoms with Gasteiger partial charge in [-0.15, -0.1) is 12.4 Å². The lowest BCUT2D eigenvalue weighted by Gasteiger charge is -2.28. The van der Waals surface area contributed by atoms with Crippen LogP contribution >= 0.6 is 12.4 Å². The van der Waals surface area contributed by atoms with Gasteiger partial charge in [-0.05, 0) is 54.1 Å². The van der Waals surface area contributed by atoms with E-state index < -0.39 is 9.85 Å². The SMILES string of the molecule is CCN1C/C(=C\c2ccc([N+](=O)[O-])cc2)C(=O)/C(=C/c2ccc([N+](=O)[O-])cc2)C1.Cl. The molecule has 0 spiro atoms. The van der Waals surface area contributed by atoms with E-state index >= 15 is 0 Å². The van der Waals surface area contributed by atoms with Gasteiger partial charge in [0.15, 0.2) is 5.78 Å². The van der Waals surface area contributed by atoms with Gasteiger partial charge in [0.1, 0.15) is 0 Å². The van der Waals surface area contributed by atoms with Gasteiger partial charge in [-0.25, -0.2) is 0 Å². The molecule has 0 radical (unpaired) electrons. The fourth-order valence-electron chi connectivity index (χ4n) is 3.12. The summed E-state index contributed by atoms with van der Waals surface area (Å²) in [6, 6.07) is 12.1. The van der Waals surface area contributed by atoms with Crippen LogP contribution in [-0.2, 0) is 4.79 Å². The van der Waals surface area contributed by atoms with Gasteiger partial charge in [0.05, 0.1) is 9.85 Å². The minimum atomic E-state index is -0.466. The highest BCUT2D eigenvalue weighted by molar-refractivity contribution is 6.14. The molecule has 0 atom stereocenters. The number of halogens is 1. The number of likely N-dealkylation sites (N-methyl/N-ethyl adjacent to an activating group) is 1. The van der Waals surface area contributed by atoms with Crippen LogP contribution in [0.15, 0.2) is 59.7 Å². The van der Waals surface area contributed by atoms with Crippen molar-refractivity contribution in [2.24, 2.45) is 0 Å². The molecule has 0 bridgehead atoms.